The van der Waals surface area contributed by atoms with Crippen LogP contribution in [0.15, 0.2) is 36.7 Å². The van der Waals surface area contributed by atoms with Crippen LogP contribution in [0.25, 0.3) is 0 Å². The van der Waals surface area contributed by atoms with E-state index in [0.717, 1.165) is 31.6 Å². The zero-order valence-electron chi connectivity index (χ0n) is 15.6. The van der Waals surface area contributed by atoms with Crippen LogP contribution >= 0.6 is 0 Å². The zero-order valence-corrected chi connectivity index (χ0v) is 15.6. The molecule has 0 radical (unpaired) electrons. The molecule has 1 atom stereocenters. The van der Waals surface area contributed by atoms with Crippen molar-refractivity contribution in [3.8, 4) is 0 Å². The van der Waals surface area contributed by atoms with Gasteiger partial charge < -0.3 is 15.0 Å². The van der Waals surface area contributed by atoms with Gasteiger partial charge in [0.2, 0.25) is 0 Å². The number of carbonyl (C=O) groups is 2. The van der Waals surface area contributed by atoms with Gasteiger partial charge in [-0.05, 0) is 43.9 Å². The molecule has 1 aromatic carbocycles. The molecule has 7 nitrogen and oxygen atoms in total. The Bertz CT molecular complexity index is 824. The van der Waals surface area contributed by atoms with Crippen LogP contribution in [0.5, 0.6) is 0 Å². The maximum atomic E-state index is 12.6. The van der Waals surface area contributed by atoms with E-state index in [9.17, 15) is 9.59 Å². The largest absolute Gasteiger partial charge is 0.465 e. The molecular formula is C20H24N4O3. The summed E-state index contributed by atoms with van der Waals surface area (Å²) in [6.45, 7) is 3.11. The second kappa shape index (κ2) is 8.62. The Kier molecular flexibility index (Phi) is 6.01. The Balaban J connectivity index is 1.77. The van der Waals surface area contributed by atoms with Gasteiger partial charge in [-0.2, -0.15) is 0 Å². The fraction of sp³-hybridized carbons (Fsp3) is 0.400. The second-order valence-electron chi connectivity index (χ2n) is 6.54. The molecule has 1 amide bonds. The lowest BCUT2D eigenvalue weighted by molar-refractivity contribution is 0.0600. The highest BCUT2D eigenvalue weighted by atomic mass is 16.5. The fourth-order valence-electron chi connectivity index (χ4n) is 3.39. The van der Waals surface area contributed by atoms with Crippen molar-refractivity contribution in [3.05, 3.63) is 47.9 Å². The van der Waals surface area contributed by atoms with Crippen LogP contribution in [0.3, 0.4) is 0 Å². The summed E-state index contributed by atoms with van der Waals surface area (Å²) in [5.41, 5.74) is 1.18. The minimum atomic E-state index is -0.453. The number of ether oxygens (including phenoxy) is 1. The Morgan fingerprint density at radius 2 is 2.11 bits per heavy atom. The van der Waals surface area contributed by atoms with Crippen LogP contribution in [-0.2, 0) is 4.74 Å². The van der Waals surface area contributed by atoms with E-state index in [1.54, 1.807) is 30.3 Å². The maximum absolute atomic E-state index is 12.6. The summed E-state index contributed by atoms with van der Waals surface area (Å²) in [4.78, 5) is 35.0. The number of rotatable bonds is 5. The smallest absolute Gasteiger partial charge is 0.337 e. The lowest BCUT2D eigenvalue weighted by atomic mass is 10.00. The van der Waals surface area contributed by atoms with E-state index >= 15 is 0 Å². The second-order valence-corrected chi connectivity index (χ2v) is 6.54. The number of nitrogens with zero attached hydrogens (tertiary/aromatic N) is 3. The van der Waals surface area contributed by atoms with Crippen LogP contribution in [0.2, 0.25) is 0 Å². The summed E-state index contributed by atoms with van der Waals surface area (Å²) in [6, 6.07) is 8.78. The molecule has 27 heavy (non-hydrogen) atoms. The fourth-order valence-corrected chi connectivity index (χ4v) is 3.39. The molecule has 1 unspecified atom stereocenters. The molecule has 0 saturated carbocycles. The van der Waals surface area contributed by atoms with Crippen molar-refractivity contribution < 1.29 is 14.3 Å². The standard InChI is InChI=1S/C20H24N4O3/c1-3-16-9-4-5-10-24(16)18-12-17(21-13-22-18)19(25)23-15-8-6-7-14(11-15)20(26)27-2/h6-8,11-13,16H,3-5,9-10H2,1-2H3,(H,23,25). The molecule has 0 aliphatic carbocycles. The first-order valence-corrected chi connectivity index (χ1v) is 9.20. The third kappa shape index (κ3) is 4.42. The van der Waals surface area contributed by atoms with E-state index in [4.69, 9.17) is 4.74 Å². The number of esters is 1. The highest BCUT2D eigenvalue weighted by molar-refractivity contribution is 6.03. The van der Waals surface area contributed by atoms with Gasteiger partial charge in [-0.25, -0.2) is 14.8 Å². The third-order valence-electron chi connectivity index (χ3n) is 4.82. The molecule has 1 N–H and O–H groups in total. The molecule has 0 spiro atoms. The molecule has 7 heteroatoms. The summed E-state index contributed by atoms with van der Waals surface area (Å²) in [6.07, 6.45) is 5.97. The number of amides is 1. The summed E-state index contributed by atoms with van der Waals surface area (Å²) in [5.74, 6) is -0.0122. The number of hydrogen-bond acceptors (Lipinski definition) is 6. The van der Waals surface area contributed by atoms with Gasteiger partial charge in [0.05, 0.1) is 12.7 Å². The monoisotopic (exact) mass is 368 g/mol. The van der Waals surface area contributed by atoms with E-state index < -0.39 is 5.97 Å². The summed E-state index contributed by atoms with van der Waals surface area (Å²) in [7, 11) is 1.32. The first-order valence-electron chi connectivity index (χ1n) is 9.20. The lowest BCUT2D eigenvalue weighted by Gasteiger charge is -2.36. The van der Waals surface area contributed by atoms with Gasteiger partial charge in [0, 0.05) is 24.3 Å². The van der Waals surface area contributed by atoms with Gasteiger partial charge in [-0.3, -0.25) is 4.79 Å². The number of aromatic nitrogens is 2. The summed E-state index contributed by atoms with van der Waals surface area (Å²) >= 11 is 0. The molecule has 142 valence electrons. The van der Waals surface area contributed by atoms with Crippen LogP contribution in [0.1, 0.15) is 53.5 Å². The highest BCUT2D eigenvalue weighted by Gasteiger charge is 2.23. The number of piperidine rings is 1. The molecular weight excluding hydrogens is 344 g/mol. The normalized spacial score (nSPS) is 16.7. The van der Waals surface area contributed by atoms with Gasteiger partial charge in [0.1, 0.15) is 17.8 Å². The molecule has 2 aromatic rings. The Morgan fingerprint density at radius 3 is 2.89 bits per heavy atom. The topological polar surface area (TPSA) is 84.4 Å². The van der Waals surface area contributed by atoms with Gasteiger partial charge in [-0.1, -0.05) is 13.0 Å². The minimum absolute atomic E-state index is 0.295. The van der Waals surface area contributed by atoms with Crippen molar-refractivity contribution in [2.75, 3.05) is 23.9 Å². The maximum Gasteiger partial charge on any atom is 0.337 e. The van der Waals surface area contributed by atoms with Crippen molar-refractivity contribution in [2.24, 2.45) is 0 Å². The van der Waals surface area contributed by atoms with Gasteiger partial charge in [0.25, 0.3) is 5.91 Å². The molecule has 0 bridgehead atoms. The van der Waals surface area contributed by atoms with Crippen molar-refractivity contribution in [1.29, 1.82) is 0 Å². The van der Waals surface area contributed by atoms with E-state index in [0.29, 0.717) is 23.0 Å². The molecule has 1 saturated heterocycles. The van der Waals surface area contributed by atoms with E-state index in [1.807, 2.05) is 0 Å². The van der Waals surface area contributed by atoms with Gasteiger partial charge in [-0.15, -0.1) is 0 Å². The Labute approximate surface area is 158 Å². The molecule has 1 aliphatic heterocycles. The number of methoxy groups -OCH3 is 1. The van der Waals surface area contributed by atoms with Gasteiger partial charge >= 0.3 is 5.97 Å². The SMILES string of the molecule is CCC1CCCCN1c1cc(C(=O)Nc2cccc(C(=O)OC)c2)ncn1. The van der Waals surface area contributed by atoms with Crippen LogP contribution < -0.4 is 10.2 Å². The average molecular weight is 368 g/mol. The number of anilines is 2. The van der Waals surface area contributed by atoms with Crippen molar-refractivity contribution >= 4 is 23.4 Å². The third-order valence-corrected chi connectivity index (χ3v) is 4.82. The minimum Gasteiger partial charge on any atom is -0.465 e. The molecule has 3 rings (SSSR count). The van der Waals surface area contributed by atoms with Gasteiger partial charge in [0.15, 0.2) is 0 Å². The Morgan fingerprint density at radius 1 is 1.26 bits per heavy atom. The number of carbonyl (C=O) groups excluding carboxylic acids is 2. The summed E-state index contributed by atoms with van der Waals surface area (Å²) in [5, 5.41) is 2.78. The van der Waals surface area contributed by atoms with Crippen molar-refractivity contribution in [1.82, 2.24) is 9.97 Å². The van der Waals surface area contributed by atoms with E-state index in [1.165, 1.54) is 19.9 Å². The zero-order chi connectivity index (χ0) is 19.2. The quantitative estimate of drug-likeness (QED) is 0.815. The van der Waals surface area contributed by atoms with Crippen LogP contribution in [0, 0.1) is 0 Å². The number of nitrogens with one attached hydrogen (secondary N) is 1. The number of hydrogen-bond donors (Lipinski definition) is 1. The molecule has 1 aromatic heterocycles. The Hall–Kier alpha value is -2.96. The van der Waals surface area contributed by atoms with Crippen molar-refractivity contribution in [3.63, 3.8) is 0 Å². The first kappa shape index (κ1) is 18.8. The van der Waals surface area contributed by atoms with E-state index in [2.05, 4.69) is 27.1 Å². The van der Waals surface area contributed by atoms with Crippen molar-refractivity contribution in [2.45, 2.75) is 38.6 Å². The molecule has 1 aliphatic rings. The predicted octanol–water partition coefficient (Wildman–Crippen LogP) is 3.28. The highest BCUT2D eigenvalue weighted by Crippen LogP contribution is 2.25. The number of benzene rings is 1. The molecule has 2 heterocycles. The average Bonchev–Trinajstić information content (AvgIpc) is 2.73. The summed E-state index contributed by atoms with van der Waals surface area (Å²) < 4.78 is 4.71. The first-order chi connectivity index (χ1) is 13.1. The van der Waals surface area contributed by atoms with E-state index in [-0.39, 0.29) is 5.91 Å². The van der Waals surface area contributed by atoms with Crippen LogP contribution in [-0.4, -0.2) is 41.5 Å². The van der Waals surface area contributed by atoms with Crippen LogP contribution in [0.4, 0.5) is 11.5 Å². The molecule has 1 fully saturated rings. The predicted molar refractivity (Wildman–Crippen MR) is 103 cm³/mol. The lowest BCUT2D eigenvalue weighted by Crippen LogP contribution is -2.39.